The molecule has 1 aromatic carbocycles. The molecule has 0 aliphatic heterocycles. The van der Waals surface area contributed by atoms with Crippen LogP contribution in [0.2, 0.25) is 0 Å². The van der Waals surface area contributed by atoms with Crippen molar-refractivity contribution in [2.45, 2.75) is 53.6 Å². The third kappa shape index (κ3) is 4.60. The highest BCUT2D eigenvalue weighted by Gasteiger charge is 2.96. The van der Waals surface area contributed by atoms with Crippen LogP contribution in [0.5, 0.6) is 5.75 Å². The van der Waals surface area contributed by atoms with Crippen LogP contribution in [-0.4, -0.2) is 60.7 Å². The number of benzene rings is 1. The maximum atomic E-state index is 13.8. The van der Waals surface area contributed by atoms with Crippen molar-refractivity contribution < 1.29 is 88.2 Å². The van der Waals surface area contributed by atoms with Crippen LogP contribution in [0.3, 0.4) is 0 Å². The first-order chi connectivity index (χ1) is 16.5. The summed E-state index contributed by atoms with van der Waals surface area (Å²) in [7, 11) is 1.08. The Balaban J connectivity index is 3.62. The number of allylic oxidation sites excluding steroid dienone is 1. The zero-order valence-corrected chi connectivity index (χ0v) is 17.6. The van der Waals surface area contributed by atoms with Crippen molar-refractivity contribution in [2.75, 3.05) is 7.11 Å². The Labute approximate surface area is 197 Å². The molecule has 0 aromatic heterocycles. The fraction of sp³-hybridized carbons (Fsp3) is 0.556. The summed E-state index contributed by atoms with van der Waals surface area (Å²) in [6, 6.07) is 3.40. The minimum absolute atomic E-state index is 0.00137. The Kier molecular flexibility index (Phi) is 8.16. The van der Waals surface area contributed by atoms with E-state index in [9.17, 15) is 83.4 Å². The molecule has 0 spiro atoms. The lowest BCUT2D eigenvalue weighted by molar-refractivity contribution is -0.467. The van der Waals surface area contributed by atoms with Gasteiger partial charge in [-0.3, -0.25) is 0 Å². The molecule has 20 heteroatoms. The van der Waals surface area contributed by atoms with E-state index in [4.69, 9.17) is 0 Å². The summed E-state index contributed by atoms with van der Waals surface area (Å²) in [4.78, 5) is 0. The van der Waals surface area contributed by atoms with Crippen molar-refractivity contribution in [3.05, 3.63) is 35.9 Å². The molecule has 0 unspecified atom stereocenters. The third-order valence-corrected chi connectivity index (χ3v) is 4.74. The van der Waals surface area contributed by atoms with E-state index in [1.807, 2.05) is 0 Å². The summed E-state index contributed by atoms with van der Waals surface area (Å²) in [5.74, 6) is -66.7. The van der Waals surface area contributed by atoms with Crippen LogP contribution in [0.25, 0.3) is 6.08 Å². The predicted octanol–water partition coefficient (Wildman–Crippen LogP) is 8.35. The molecule has 0 amide bonds. The highest BCUT2D eigenvalue weighted by molar-refractivity contribution is 5.52. The first-order valence-corrected chi connectivity index (χ1v) is 8.94. The first-order valence-electron chi connectivity index (χ1n) is 8.94. The number of methoxy groups -OCH3 is 1. The molecule has 0 radical (unpaired) electrons. The molecule has 1 rings (SSSR count). The van der Waals surface area contributed by atoms with Gasteiger partial charge >= 0.3 is 53.6 Å². The predicted molar refractivity (Wildman–Crippen MR) is 87.7 cm³/mol. The zero-order chi connectivity index (χ0) is 30.6. The summed E-state index contributed by atoms with van der Waals surface area (Å²) in [5, 5.41) is 0. The largest absolute Gasteiger partial charge is 0.497 e. The average molecular weight is 602 g/mol. The van der Waals surface area contributed by atoms with Crippen molar-refractivity contribution in [1.82, 2.24) is 0 Å². The Morgan fingerprint density at radius 3 is 1.11 bits per heavy atom. The molecule has 0 heterocycles. The van der Waals surface area contributed by atoms with E-state index in [1.54, 1.807) is 0 Å². The molecule has 0 aliphatic carbocycles. The molecule has 0 bridgehead atoms. The van der Waals surface area contributed by atoms with Gasteiger partial charge in [-0.15, -0.1) is 0 Å². The Morgan fingerprint density at radius 2 is 0.789 bits per heavy atom. The Bertz CT molecular complexity index is 1000. The van der Waals surface area contributed by atoms with Gasteiger partial charge < -0.3 is 4.74 Å². The van der Waals surface area contributed by atoms with Crippen molar-refractivity contribution in [1.29, 1.82) is 0 Å². The minimum atomic E-state index is -8.93. The van der Waals surface area contributed by atoms with E-state index in [0.29, 0.717) is 0 Å². The summed E-state index contributed by atoms with van der Waals surface area (Å²) in [6.07, 6.45) is -9.43. The maximum absolute atomic E-state index is 13.8. The summed E-state index contributed by atoms with van der Waals surface area (Å²) in [5.41, 5.74) is -0.595. The molecule has 0 atom stereocenters. The van der Waals surface area contributed by atoms with E-state index >= 15 is 0 Å². The van der Waals surface area contributed by atoms with Crippen LogP contribution in [0.1, 0.15) is 5.56 Å². The van der Waals surface area contributed by atoms with Gasteiger partial charge in [0.05, 0.1) is 7.11 Å². The first kappa shape index (κ1) is 33.5. The molecule has 38 heavy (non-hydrogen) atoms. The van der Waals surface area contributed by atoms with Gasteiger partial charge in [-0.1, -0.05) is 18.2 Å². The minimum Gasteiger partial charge on any atom is -0.497 e. The fourth-order valence-corrected chi connectivity index (χ4v) is 2.39. The summed E-state index contributed by atoms with van der Waals surface area (Å²) < 4.78 is 256. The van der Waals surface area contributed by atoms with Gasteiger partial charge in [0, 0.05) is 0 Å². The second-order valence-electron chi connectivity index (χ2n) is 7.25. The van der Waals surface area contributed by atoms with E-state index in [1.165, 1.54) is 0 Å². The number of halogens is 19. The Morgan fingerprint density at radius 1 is 0.474 bits per heavy atom. The number of hydrogen-bond acceptors (Lipinski definition) is 1. The molecule has 0 saturated carbocycles. The topological polar surface area (TPSA) is 9.23 Å². The van der Waals surface area contributed by atoms with Gasteiger partial charge in [-0.25, -0.2) is 0 Å². The van der Waals surface area contributed by atoms with E-state index in [2.05, 4.69) is 4.74 Å². The molecule has 0 aliphatic rings. The van der Waals surface area contributed by atoms with E-state index in [-0.39, 0.29) is 11.8 Å². The number of rotatable bonds is 10. The zero-order valence-electron chi connectivity index (χ0n) is 17.6. The van der Waals surface area contributed by atoms with Crippen LogP contribution in [-0.2, 0) is 0 Å². The summed E-state index contributed by atoms with van der Waals surface area (Å²) >= 11 is 0. The Hall–Kier alpha value is -2.57. The van der Waals surface area contributed by atoms with Crippen LogP contribution in [0.4, 0.5) is 83.4 Å². The van der Waals surface area contributed by atoms with Crippen molar-refractivity contribution in [2.24, 2.45) is 0 Å². The quantitative estimate of drug-likeness (QED) is 0.245. The van der Waals surface area contributed by atoms with Crippen LogP contribution < -0.4 is 4.74 Å². The lowest BCUT2D eigenvalue weighted by atomic mass is 9.87. The third-order valence-electron chi connectivity index (χ3n) is 4.74. The van der Waals surface area contributed by atoms with Crippen molar-refractivity contribution in [3.8, 4) is 5.75 Å². The van der Waals surface area contributed by atoms with Crippen LogP contribution in [0.15, 0.2) is 30.3 Å². The monoisotopic (exact) mass is 602 g/mol. The van der Waals surface area contributed by atoms with E-state index in [0.717, 1.165) is 31.4 Å². The van der Waals surface area contributed by atoms with E-state index < -0.39 is 65.2 Å². The average Bonchev–Trinajstić information content (AvgIpc) is 2.76. The number of hydrogen-bond donors (Lipinski definition) is 0. The second-order valence-corrected chi connectivity index (χ2v) is 7.25. The van der Waals surface area contributed by atoms with Crippen molar-refractivity contribution in [3.63, 3.8) is 0 Å². The highest BCUT2D eigenvalue weighted by Crippen LogP contribution is 2.65. The normalized spacial score (nSPS) is 15.8. The maximum Gasteiger partial charge on any atom is 0.460 e. The smallest absolute Gasteiger partial charge is 0.460 e. The molecule has 0 fully saturated rings. The molecule has 1 aromatic rings. The van der Waals surface area contributed by atoms with Crippen molar-refractivity contribution >= 4 is 6.08 Å². The SMILES string of the molecule is COc1ccc(/C=C/C(F)(F)C(F)(F)C(F)(F)C(F)(F)C(F)(F)C(F)(F)C(F)(F)C(F)(F)C(F)(F)F)cc1. The molecular weight excluding hydrogens is 593 g/mol. The van der Waals surface area contributed by atoms with Gasteiger partial charge in [-0.05, 0) is 23.8 Å². The second kappa shape index (κ2) is 9.27. The molecule has 0 saturated heterocycles. The van der Waals surface area contributed by atoms with Gasteiger partial charge in [0.2, 0.25) is 0 Å². The van der Waals surface area contributed by atoms with Crippen LogP contribution in [0, 0.1) is 0 Å². The summed E-state index contributed by atoms with van der Waals surface area (Å²) in [6.45, 7) is 0. The van der Waals surface area contributed by atoms with Gasteiger partial charge in [0.15, 0.2) is 0 Å². The standard InChI is InChI=1S/C18H9F19O/c1-38-9-4-2-8(3-5-9)6-7-10(19,20)11(21,22)12(23,24)13(25,26)14(27,28)15(29,30)16(31,32)17(33,34)18(35,36)37/h2-7H,1H3/b7-6+. The lowest BCUT2D eigenvalue weighted by Crippen LogP contribution is -2.75. The molecule has 0 N–H and O–H groups in total. The number of ether oxygens (including phenoxy) is 1. The molecule has 220 valence electrons. The fourth-order valence-electron chi connectivity index (χ4n) is 2.39. The molecule has 1 nitrogen and oxygen atoms in total. The highest BCUT2D eigenvalue weighted by atomic mass is 19.4. The van der Waals surface area contributed by atoms with Gasteiger partial charge in [0.1, 0.15) is 5.75 Å². The van der Waals surface area contributed by atoms with Gasteiger partial charge in [-0.2, -0.15) is 83.4 Å². The van der Waals surface area contributed by atoms with Gasteiger partial charge in [0.25, 0.3) is 0 Å². The van der Waals surface area contributed by atoms with Crippen LogP contribution >= 0.6 is 0 Å². The number of alkyl halides is 19. The molecular formula is C18H9F19O. The lowest BCUT2D eigenvalue weighted by Gasteiger charge is -2.43.